The highest BCUT2D eigenvalue weighted by Crippen LogP contribution is 2.20. The van der Waals surface area contributed by atoms with E-state index in [2.05, 4.69) is 10.3 Å². The average molecular weight is 396 g/mol. The van der Waals surface area contributed by atoms with Gasteiger partial charge in [-0.2, -0.15) is 5.26 Å². The van der Waals surface area contributed by atoms with Crippen molar-refractivity contribution in [3.05, 3.63) is 71.1 Å². The normalized spacial score (nSPS) is 10.1. The number of nitriles is 1. The number of anilines is 1. The molecule has 0 aliphatic rings. The van der Waals surface area contributed by atoms with Crippen LogP contribution in [0.2, 0.25) is 5.02 Å². The van der Waals surface area contributed by atoms with Crippen molar-refractivity contribution in [1.82, 2.24) is 4.98 Å². The van der Waals surface area contributed by atoms with Crippen LogP contribution in [0.15, 0.2) is 59.2 Å². The number of carbonyl (C=O) groups excluding carboxylic acids is 2. The summed E-state index contributed by atoms with van der Waals surface area (Å²) in [5, 5.41) is 11.6. The van der Waals surface area contributed by atoms with Gasteiger partial charge in [-0.05, 0) is 30.3 Å². The van der Waals surface area contributed by atoms with Crippen molar-refractivity contribution in [2.45, 2.75) is 6.42 Å². The van der Waals surface area contributed by atoms with Crippen molar-refractivity contribution >= 4 is 29.2 Å². The molecular weight excluding hydrogens is 382 g/mol. The van der Waals surface area contributed by atoms with Crippen LogP contribution in [0.3, 0.4) is 0 Å². The Kier molecular flexibility index (Phi) is 6.04. The van der Waals surface area contributed by atoms with Crippen molar-refractivity contribution in [3.63, 3.8) is 0 Å². The molecule has 0 aliphatic carbocycles. The number of ether oxygens (including phenoxy) is 1. The Morgan fingerprint density at radius 1 is 1.21 bits per heavy atom. The fraction of sp³-hybridized carbons (Fsp3) is 0.100. The first-order chi connectivity index (χ1) is 13.5. The first kappa shape index (κ1) is 19.1. The number of nitrogens with zero attached hydrogens (tertiary/aromatic N) is 2. The lowest BCUT2D eigenvalue weighted by Gasteiger charge is -2.07. The molecular formula is C20H14ClN3O4. The maximum absolute atomic E-state index is 11.9. The molecule has 0 saturated carbocycles. The monoisotopic (exact) mass is 395 g/mol. The second-order valence-electron chi connectivity index (χ2n) is 5.70. The Bertz CT molecular complexity index is 1040. The summed E-state index contributed by atoms with van der Waals surface area (Å²) < 4.78 is 10.3. The smallest absolute Gasteiger partial charge is 0.312 e. The van der Waals surface area contributed by atoms with E-state index in [0.717, 1.165) is 5.56 Å². The number of amides is 1. The van der Waals surface area contributed by atoms with E-state index in [0.29, 0.717) is 22.8 Å². The van der Waals surface area contributed by atoms with Crippen LogP contribution >= 0.6 is 11.6 Å². The largest absolute Gasteiger partial charge is 0.455 e. The molecule has 3 rings (SSSR count). The van der Waals surface area contributed by atoms with Crippen LogP contribution in [0, 0.1) is 11.3 Å². The van der Waals surface area contributed by atoms with Gasteiger partial charge in [0.05, 0.1) is 22.7 Å². The second kappa shape index (κ2) is 8.84. The highest BCUT2D eigenvalue weighted by molar-refractivity contribution is 6.32. The zero-order valence-corrected chi connectivity index (χ0v) is 15.3. The third kappa shape index (κ3) is 4.96. The molecule has 2 aromatic carbocycles. The molecule has 0 bridgehead atoms. The fourth-order valence-electron chi connectivity index (χ4n) is 2.33. The quantitative estimate of drug-likeness (QED) is 0.639. The predicted molar refractivity (Wildman–Crippen MR) is 101 cm³/mol. The topological polar surface area (TPSA) is 105 Å². The number of carbonyl (C=O) groups is 2. The minimum Gasteiger partial charge on any atom is -0.455 e. The molecule has 1 amide bonds. The van der Waals surface area contributed by atoms with E-state index in [1.54, 1.807) is 0 Å². The molecule has 0 spiro atoms. The lowest BCUT2D eigenvalue weighted by atomic mass is 10.2. The third-order valence-electron chi connectivity index (χ3n) is 3.64. The average Bonchev–Trinajstić information content (AvgIpc) is 3.16. The Morgan fingerprint density at radius 2 is 2.00 bits per heavy atom. The third-order valence-corrected chi connectivity index (χ3v) is 3.95. The minimum absolute atomic E-state index is 0.119. The number of oxazole rings is 1. The molecule has 0 unspecified atom stereocenters. The van der Waals surface area contributed by atoms with Gasteiger partial charge in [-0.1, -0.05) is 29.8 Å². The second-order valence-corrected chi connectivity index (χ2v) is 6.11. The number of hydrogen-bond acceptors (Lipinski definition) is 6. The van der Waals surface area contributed by atoms with Crippen molar-refractivity contribution in [2.24, 2.45) is 0 Å². The Balaban J connectivity index is 1.49. The molecule has 0 saturated heterocycles. The molecule has 0 radical (unpaired) electrons. The molecule has 3 aromatic rings. The zero-order chi connectivity index (χ0) is 19.9. The van der Waals surface area contributed by atoms with Crippen molar-refractivity contribution in [1.29, 1.82) is 5.26 Å². The molecule has 1 N–H and O–H groups in total. The van der Waals surface area contributed by atoms with Crippen molar-refractivity contribution in [3.8, 4) is 17.5 Å². The molecule has 1 aromatic heterocycles. The maximum Gasteiger partial charge on any atom is 0.312 e. The number of rotatable bonds is 6. The number of aromatic nitrogens is 1. The molecule has 0 fully saturated rings. The summed E-state index contributed by atoms with van der Waals surface area (Å²) in [6, 6.07) is 15.7. The van der Waals surface area contributed by atoms with Crippen LogP contribution in [-0.2, 0) is 20.7 Å². The van der Waals surface area contributed by atoms with Gasteiger partial charge in [0.1, 0.15) is 12.3 Å². The SMILES string of the molecule is N#Cc1ccc(NC(=O)COC(=O)Cc2coc(-c3ccccc3)n2)cc1Cl. The van der Waals surface area contributed by atoms with E-state index in [9.17, 15) is 9.59 Å². The lowest BCUT2D eigenvalue weighted by Crippen LogP contribution is -2.21. The van der Waals surface area contributed by atoms with Crippen LogP contribution in [0.1, 0.15) is 11.3 Å². The number of halogens is 1. The number of esters is 1. The van der Waals surface area contributed by atoms with Gasteiger partial charge in [0.15, 0.2) is 6.61 Å². The van der Waals surface area contributed by atoms with E-state index in [4.69, 9.17) is 26.0 Å². The van der Waals surface area contributed by atoms with Crippen LogP contribution in [0.4, 0.5) is 5.69 Å². The molecule has 1 heterocycles. The van der Waals surface area contributed by atoms with Gasteiger partial charge in [-0.25, -0.2) is 4.98 Å². The number of benzene rings is 2. The van der Waals surface area contributed by atoms with Gasteiger partial charge in [-0.15, -0.1) is 0 Å². The molecule has 8 heteroatoms. The van der Waals surface area contributed by atoms with E-state index >= 15 is 0 Å². The van der Waals surface area contributed by atoms with Crippen molar-refractivity contribution < 1.29 is 18.7 Å². The summed E-state index contributed by atoms with van der Waals surface area (Å²) in [5.41, 5.74) is 1.90. The number of hydrogen-bond donors (Lipinski definition) is 1. The molecule has 0 atom stereocenters. The summed E-state index contributed by atoms with van der Waals surface area (Å²) in [5.74, 6) is -0.737. The Hall–Kier alpha value is -3.63. The zero-order valence-electron chi connectivity index (χ0n) is 14.5. The lowest BCUT2D eigenvalue weighted by molar-refractivity contribution is -0.146. The highest BCUT2D eigenvalue weighted by Gasteiger charge is 2.13. The van der Waals surface area contributed by atoms with Gasteiger partial charge in [-0.3, -0.25) is 9.59 Å². The summed E-state index contributed by atoms with van der Waals surface area (Å²) in [6.07, 6.45) is 1.26. The molecule has 0 aliphatic heterocycles. The van der Waals surface area contributed by atoms with E-state index in [1.165, 1.54) is 24.5 Å². The fourth-order valence-corrected chi connectivity index (χ4v) is 2.55. The maximum atomic E-state index is 11.9. The summed E-state index contributed by atoms with van der Waals surface area (Å²) in [4.78, 5) is 28.0. The van der Waals surface area contributed by atoms with E-state index in [1.807, 2.05) is 36.4 Å². The van der Waals surface area contributed by atoms with Gasteiger partial charge in [0.25, 0.3) is 5.91 Å². The first-order valence-corrected chi connectivity index (χ1v) is 8.58. The Labute approximate surface area is 165 Å². The number of nitrogens with one attached hydrogen (secondary N) is 1. The highest BCUT2D eigenvalue weighted by atomic mass is 35.5. The van der Waals surface area contributed by atoms with Gasteiger partial charge < -0.3 is 14.5 Å². The van der Waals surface area contributed by atoms with Crippen LogP contribution in [0.25, 0.3) is 11.5 Å². The van der Waals surface area contributed by atoms with Gasteiger partial charge in [0.2, 0.25) is 5.89 Å². The van der Waals surface area contributed by atoms with E-state index in [-0.39, 0.29) is 11.4 Å². The first-order valence-electron chi connectivity index (χ1n) is 8.20. The summed E-state index contributed by atoms with van der Waals surface area (Å²) >= 11 is 5.90. The Morgan fingerprint density at radius 3 is 2.71 bits per heavy atom. The molecule has 140 valence electrons. The van der Waals surface area contributed by atoms with E-state index < -0.39 is 18.5 Å². The predicted octanol–water partition coefficient (Wildman–Crippen LogP) is 3.59. The molecule has 28 heavy (non-hydrogen) atoms. The summed E-state index contributed by atoms with van der Waals surface area (Å²) in [7, 11) is 0. The van der Waals surface area contributed by atoms with Gasteiger partial charge >= 0.3 is 5.97 Å². The molecule has 7 nitrogen and oxygen atoms in total. The van der Waals surface area contributed by atoms with Gasteiger partial charge in [0, 0.05) is 11.3 Å². The standard InChI is InChI=1S/C20H14ClN3O4/c21-17-8-15(7-6-14(17)10-22)23-18(25)12-27-19(26)9-16-11-28-20(24-16)13-4-2-1-3-5-13/h1-8,11H,9,12H2,(H,23,25). The van der Waals surface area contributed by atoms with Crippen LogP contribution in [-0.4, -0.2) is 23.5 Å². The van der Waals surface area contributed by atoms with Crippen molar-refractivity contribution in [2.75, 3.05) is 11.9 Å². The van der Waals surface area contributed by atoms with Crippen LogP contribution < -0.4 is 5.32 Å². The summed E-state index contributed by atoms with van der Waals surface area (Å²) in [6.45, 7) is -0.458. The van der Waals surface area contributed by atoms with Crippen LogP contribution in [0.5, 0.6) is 0 Å². The minimum atomic E-state index is -0.610.